The minimum absolute atomic E-state index is 0.0198. The Kier molecular flexibility index (Phi) is 2.82. The van der Waals surface area contributed by atoms with Crippen LogP contribution in [0.1, 0.15) is 30.9 Å². The standard InChI is InChI=1S/C12H13F3O/c1-2-8-3-6-11(16-9-4-5-9)10(7-8)12(13,14)15/h3,6-7,9H,2,4-5H2,1H3. The second kappa shape index (κ2) is 4.00. The molecule has 16 heavy (non-hydrogen) atoms. The number of benzene rings is 1. The van der Waals surface area contributed by atoms with Crippen LogP contribution < -0.4 is 4.74 Å². The van der Waals surface area contributed by atoms with Crippen molar-refractivity contribution in [3.8, 4) is 5.75 Å². The molecule has 1 aliphatic rings. The molecule has 1 aromatic carbocycles. The molecule has 0 spiro atoms. The number of rotatable bonds is 3. The van der Waals surface area contributed by atoms with E-state index in [0.29, 0.717) is 12.0 Å². The summed E-state index contributed by atoms with van der Waals surface area (Å²) >= 11 is 0. The first-order valence-electron chi connectivity index (χ1n) is 5.37. The topological polar surface area (TPSA) is 9.23 Å². The zero-order valence-corrected chi connectivity index (χ0v) is 8.97. The number of hydrogen-bond acceptors (Lipinski definition) is 1. The fourth-order valence-corrected chi connectivity index (χ4v) is 1.49. The predicted octanol–water partition coefficient (Wildman–Crippen LogP) is 3.81. The highest BCUT2D eigenvalue weighted by Crippen LogP contribution is 2.39. The van der Waals surface area contributed by atoms with E-state index in [-0.39, 0.29) is 11.9 Å². The lowest BCUT2D eigenvalue weighted by atomic mass is 10.1. The van der Waals surface area contributed by atoms with Crippen molar-refractivity contribution in [1.29, 1.82) is 0 Å². The van der Waals surface area contributed by atoms with Crippen LogP contribution in [-0.2, 0) is 12.6 Å². The second-order valence-corrected chi connectivity index (χ2v) is 4.00. The van der Waals surface area contributed by atoms with Crippen molar-refractivity contribution < 1.29 is 17.9 Å². The van der Waals surface area contributed by atoms with E-state index in [1.54, 1.807) is 6.07 Å². The maximum atomic E-state index is 12.8. The molecule has 0 N–H and O–H groups in total. The van der Waals surface area contributed by atoms with E-state index < -0.39 is 11.7 Å². The summed E-state index contributed by atoms with van der Waals surface area (Å²) in [7, 11) is 0. The molecular formula is C12H13F3O. The maximum Gasteiger partial charge on any atom is 0.419 e. The Morgan fingerprint density at radius 2 is 2.00 bits per heavy atom. The number of aryl methyl sites for hydroxylation is 1. The number of alkyl halides is 3. The van der Waals surface area contributed by atoms with E-state index >= 15 is 0 Å². The van der Waals surface area contributed by atoms with E-state index in [1.165, 1.54) is 12.1 Å². The van der Waals surface area contributed by atoms with Crippen LogP contribution in [0.3, 0.4) is 0 Å². The Labute approximate surface area is 92.2 Å². The number of ether oxygens (including phenoxy) is 1. The summed E-state index contributed by atoms with van der Waals surface area (Å²) in [6.07, 6.45) is -2.06. The van der Waals surface area contributed by atoms with Crippen LogP contribution in [0.25, 0.3) is 0 Å². The summed E-state index contributed by atoms with van der Waals surface area (Å²) in [4.78, 5) is 0. The highest BCUT2D eigenvalue weighted by atomic mass is 19.4. The van der Waals surface area contributed by atoms with E-state index in [0.717, 1.165) is 12.8 Å². The molecule has 0 aliphatic heterocycles. The normalized spacial score (nSPS) is 16.2. The quantitative estimate of drug-likeness (QED) is 0.767. The molecule has 0 heterocycles. The zero-order valence-electron chi connectivity index (χ0n) is 8.97. The van der Waals surface area contributed by atoms with Crippen molar-refractivity contribution in [1.82, 2.24) is 0 Å². The van der Waals surface area contributed by atoms with Gasteiger partial charge in [0.1, 0.15) is 5.75 Å². The van der Waals surface area contributed by atoms with Gasteiger partial charge >= 0.3 is 6.18 Å². The fourth-order valence-electron chi connectivity index (χ4n) is 1.49. The van der Waals surface area contributed by atoms with Gasteiger partial charge in [-0.3, -0.25) is 0 Å². The molecule has 88 valence electrons. The van der Waals surface area contributed by atoms with E-state index in [9.17, 15) is 13.2 Å². The average Bonchev–Trinajstić information content (AvgIpc) is 3.01. The summed E-state index contributed by atoms with van der Waals surface area (Å²) in [5, 5.41) is 0. The first-order valence-corrected chi connectivity index (χ1v) is 5.37. The molecule has 0 aromatic heterocycles. The SMILES string of the molecule is CCc1ccc(OC2CC2)c(C(F)(F)F)c1. The van der Waals surface area contributed by atoms with Crippen LogP contribution in [0.4, 0.5) is 13.2 Å². The van der Waals surface area contributed by atoms with Gasteiger partial charge in [0.25, 0.3) is 0 Å². The van der Waals surface area contributed by atoms with Gasteiger partial charge in [0, 0.05) is 0 Å². The van der Waals surface area contributed by atoms with Gasteiger partial charge < -0.3 is 4.74 Å². The highest BCUT2D eigenvalue weighted by Gasteiger charge is 2.36. The minimum atomic E-state index is -4.34. The van der Waals surface area contributed by atoms with Crippen molar-refractivity contribution in [2.75, 3.05) is 0 Å². The third-order valence-electron chi connectivity index (χ3n) is 2.58. The van der Waals surface area contributed by atoms with Gasteiger partial charge in [-0.15, -0.1) is 0 Å². The molecule has 0 bridgehead atoms. The van der Waals surface area contributed by atoms with Gasteiger partial charge in [-0.25, -0.2) is 0 Å². The van der Waals surface area contributed by atoms with Crippen LogP contribution in [0.2, 0.25) is 0 Å². The zero-order chi connectivity index (χ0) is 11.8. The van der Waals surface area contributed by atoms with Crippen molar-refractivity contribution in [3.63, 3.8) is 0 Å². The molecule has 2 rings (SSSR count). The Morgan fingerprint density at radius 3 is 2.50 bits per heavy atom. The largest absolute Gasteiger partial charge is 0.490 e. The molecule has 0 radical (unpaired) electrons. The summed E-state index contributed by atoms with van der Waals surface area (Å²) < 4.78 is 43.5. The van der Waals surface area contributed by atoms with E-state index in [4.69, 9.17) is 4.74 Å². The minimum Gasteiger partial charge on any atom is -0.490 e. The molecular weight excluding hydrogens is 217 g/mol. The Morgan fingerprint density at radius 1 is 1.31 bits per heavy atom. The second-order valence-electron chi connectivity index (χ2n) is 4.00. The molecule has 1 aliphatic carbocycles. The summed E-state index contributed by atoms with van der Waals surface area (Å²) in [6.45, 7) is 1.83. The average molecular weight is 230 g/mol. The molecule has 4 heteroatoms. The van der Waals surface area contributed by atoms with E-state index in [1.807, 2.05) is 6.92 Å². The Hall–Kier alpha value is -1.19. The van der Waals surface area contributed by atoms with Gasteiger partial charge in [0.05, 0.1) is 11.7 Å². The summed E-state index contributed by atoms with van der Waals surface area (Å²) in [5.74, 6) is -0.0350. The van der Waals surface area contributed by atoms with Crippen molar-refractivity contribution in [2.45, 2.75) is 38.5 Å². The van der Waals surface area contributed by atoms with Crippen molar-refractivity contribution >= 4 is 0 Å². The van der Waals surface area contributed by atoms with Crippen LogP contribution in [0, 0.1) is 0 Å². The van der Waals surface area contributed by atoms with E-state index in [2.05, 4.69) is 0 Å². The van der Waals surface area contributed by atoms with Crippen LogP contribution in [-0.4, -0.2) is 6.10 Å². The van der Waals surface area contributed by atoms with Gasteiger partial charge in [-0.2, -0.15) is 13.2 Å². The molecule has 0 unspecified atom stereocenters. The lowest BCUT2D eigenvalue weighted by molar-refractivity contribution is -0.139. The lowest BCUT2D eigenvalue weighted by Crippen LogP contribution is -2.10. The van der Waals surface area contributed by atoms with Crippen molar-refractivity contribution in [3.05, 3.63) is 29.3 Å². The third kappa shape index (κ3) is 2.49. The first-order chi connectivity index (χ1) is 7.50. The fraction of sp³-hybridized carbons (Fsp3) is 0.500. The Balaban J connectivity index is 2.33. The molecule has 0 saturated heterocycles. The van der Waals surface area contributed by atoms with Crippen LogP contribution in [0.15, 0.2) is 18.2 Å². The number of halogens is 3. The molecule has 0 amide bonds. The van der Waals surface area contributed by atoms with Crippen LogP contribution >= 0.6 is 0 Å². The summed E-state index contributed by atoms with van der Waals surface area (Å²) in [6, 6.07) is 4.30. The third-order valence-corrected chi connectivity index (χ3v) is 2.58. The van der Waals surface area contributed by atoms with Crippen LogP contribution in [0.5, 0.6) is 5.75 Å². The molecule has 0 atom stereocenters. The first kappa shape index (κ1) is 11.3. The van der Waals surface area contributed by atoms with Gasteiger partial charge in [-0.1, -0.05) is 13.0 Å². The lowest BCUT2D eigenvalue weighted by Gasteiger charge is -2.14. The molecule has 1 fully saturated rings. The van der Waals surface area contributed by atoms with Crippen molar-refractivity contribution in [2.24, 2.45) is 0 Å². The molecule has 1 saturated carbocycles. The summed E-state index contributed by atoms with van der Waals surface area (Å²) in [5.41, 5.74) is 0.0224. The maximum absolute atomic E-state index is 12.8. The predicted molar refractivity (Wildman–Crippen MR) is 54.5 cm³/mol. The van der Waals surface area contributed by atoms with Gasteiger partial charge in [0.15, 0.2) is 0 Å². The van der Waals surface area contributed by atoms with Gasteiger partial charge in [-0.05, 0) is 37.0 Å². The number of hydrogen-bond donors (Lipinski definition) is 0. The monoisotopic (exact) mass is 230 g/mol. The van der Waals surface area contributed by atoms with Gasteiger partial charge in [0.2, 0.25) is 0 Å². The smallest absolute Gasteiger partial charge is 0.419 e. The highest BCUT2D eigenvalue weighted by molar-refractivity contribution is 5.39. The molecule has 1 nitrogen and oxygen atoms in total. The Bertz CT molecular complexity index is 380. The molecule has 1 aromatic rings.